The number of amides is 1. The number of hydrogen-bond donors (Lipinski definition) is 2. The van der Waals surface area contributed by atoms with Crippen molar-refractivity contribution < 1.29 is 9.90 Å². The molecule has 2 unspecified atom stereocenters. The number of carbonyl (C=O) groups excluding carboxylic acids is 1. The van der Waals surface area contributed by atoms with Gasteiger partial charge in [0, 0.05) is 29.2 Å². The predicted molar refractivity (Wildman–Crippen MR) is 86.5 cm³/mol. The number of thioether (sulfide) groups is 1. The molecule has 1 aromatic heterocycles. The molecule has 0 bridgehead atoms. The first kappa shape index (κ1) is 16.1. The largest absolute Gasteiger partial charge is 0.396 e. The van der Waals surface area contributed by atoms with Gasteiger partial charge in [0.15, 0.2) is 0 Å². The van der Waals surface area contributed by atoms with Gasteiger partial charge in [-0.05, 0) is 25.0 Å². The monoisotopic (exact) mass is 333 g/mol. The Morgan fingerprint density at radius 1 is 1.45 bits per heavy atom. The van der Waals surface area contributed by atoms with Crippen LogP contribution in [0, 0.1) is 5.92 Å². The van der Waals surface area contributed by atoms with Crippen molar-refractivity contribution in [3.63, 3.8) is 0 Å². The third-order valence-electron chi connectivity index (χ3n) is 3.60. The maximum Gasteiger partial charge on any atom is 0.230 e. The van der Waals surface area contributed by atoms with Crippen LogP contribution >= 0.6 is 34.7 Å². The Morgan fingerprint density at radius 3 is 2.95 bits per heavy atom. The van der Waals surface area contributed by atoms with Crippen LogP contribution in [0.1, 0.15) is 30.6 Å². The summed E-state index contributed by atoms with van der Waals surface area (Å²) in [6, 6.07) is 4.04. The number of aliphatic hydroxyl groups is 1. The zero-order chi connectivity index (χ0) is 14.4. The molecule has 0 spiro atoms. The summed E-state index contributed by atoms with van der Waals surface area (Å²) in [5.41, 5.74) is 0. The van der Waals surface area contributed by atoms with Gasteiger partial charge in [-0.2, -0.15) is 0 Å². The summed E-state index contributed by atoms with van der Waals surface area (Å²) in [6.45, 7) is 0.172. The first-order valence-electron chi connectivity index (χ1n) is 6.91. The first-order valence-corrected chi connectivity index (χ1v) is 9.26. The number of nitrogens with one attached hydrogen (secondary N) is 1. The Morgan fingerprint density at radius 2 is 2.25 bits per heavy atom. The summed E-state index contributed by atoms with van der Waals surface area (Å²) in [6.07, 6.45) is 4.30. The van der Waals surface area contributed by atoms with Gasteiger partial charge in [-0.3, -0.25) is 4.79 Å². The van der Waals surface area contributed by atoms with E-state index in [1.807, 2.05) is 12.1 Å². The molecule has 2 N–H and O–H groups in total. The molecule has 1 heterocycles. The van der Waals surface area contributed by atoms with Crippen molar-refractivity contribution in [1.82, 2.24) is 5.32 Å². The Balaban J connectivity index is 1.69. The van der Waals surface area contributed by atoms with Gasteiger partial charge in [0.25, 0.3) is 0 Å². The van der Waals surface area contributed by atoms with Gasteiger partial charge in [0.2, 0.25) is 5.91 Å². The van der Waals surface area contributed by atoms with Crippen LogP contribution in [0.5, 0.6) is 0 Å². The van der Waals surface area contributed by atoms with Crippen LogP contribution in [-0.2, 0) is 10.5 Å². The van der Waals surface area contributed by atoms with E-state index < -0.39 is 0 Å². The van der Waals surface area contributed by atoms with E-state index in [1.54, 1.807) is 23.1 Å². The minimum atomic E-state index is 0.0722. The Hall–Kier alpha value is -0.230. The molecule has 1 amide bonds. The molecule has 0 saturated heterocycles. The van der Waals surface area contributed by atoms with E-state index in [2.05, 4.69) is 5.32 Å². The maximum atomic E-state index is 11.9. The Bertz CT molecular complexity index is 439. The van der Waals surface area contributed by atoms with E-state index in [-0.39, 0.29) is 24.5 Å². The van der Waals surface area contributed by atoms with Gasteiger partial charge >= 0.3 is 0 Å². The van der Waals surface area contributed by atoms with Crippen LogP contribution in [0.25, 0.3) is 0 Å². The van der Waals surface area contributed by atoms with Crippen LogP contribution < -0.4 is 5.32 Å². The number of aliphatic hydroxyl groups excluding tert-OH is 1. The van der Waals surface area contributed by atoms with Gasteiger partial charge in [0.1, 0.15) is 0 Å². The van der Waals surface area contributed by atoms with E-state index in [0.29, 0.717) is 5.75 Å². The van der Waals surface area contributed by atoms with Crippen molar-refractivity contribution in [2.24, 2.45) is 5.92 Å². The van der Waals surface area contributed by atoms with Crippen LogP contribution in [0.15, 0.2) is 12.1 Å². The third-order valence-corrected chi connectivity index (χ3v) is 5.99. The molecule has 20 heavy (non-hydrogen) atoms. The topological polar surface area (TPSA) is 49.3 Å². The summed E-state index contributed by atoms with van der Waals surface area (Å²) in [5, 5.41) is 12.4. The van der Waals surface area contributed by atoms with E-state index in [9.17, 15) is 9.90 Å². The molecule has 0 aliphatic heterocycles. The van der Waals surface area contributed by atoms with E-state index in [0.717, 1.165) is 35.8 Å². The normalized spacial score (nSPS) is 22.7. The molecule has 112 valence electrons. The van der Waals surface area contributed by atoms with Gasteiger partial charge in [-0.25, -0.2) is 0 Å². The van der Waals surface area contributed by atoms with Crippen LogP contribution in [0.2, 0.25) is 4.34 Å². The molecule has 2 atom stereocenters. The lowest BCUT2D eigenvalue weighted by Gasteiger charge is -2.30. The van der Waals surface area contributed by atoms with Crippen molar-refractivity contribution in [1.29, 1.82) is 0 Å². The SMILES string of the molecule is O=C(CSCc1ccc(Cl)s1)NC1CCCCC1CO. The zero-order valence-electron chi connectivity index (χ0n) is 11.3. The van der Waals surface area contributed by atoms with Crippen LogP contribution in [0.3, 0.4) is 0 Å². The molecular formula is C14H20ClNO2S2. The predicted octanol–water partition coefficient (Wildman–Crippen LogP) is 3.30. The average molecular weight is 334 g/mol. The Kier molecular flexibility index (Phi) is 6.68. The lowest BCUT2D eigenvalue weighted by Crippen LogP contribution is -2.44. The molecule has 1 fully saturated rings. The average Bonchev–Trinajstić information content (AvgIpc) is 2.85. The van der Waals surface area contributed by atoms with Crippen molar-refractivity contribution in [3.8, 4) is 0 Å². The highest BCUT2D eigenvalue weighted by atomic mass is 35.5. The van der Waals surface area contributed by atoms with Gasteiger partial charge < -0.3 is 10.4 Å². The fraction of sp³-hybridized carbons (Fsp3) is 0.643. The summed E-state index contributed by atoms with van der Waals surface area (Å²) >= 11 is 9.03. The van der Waals surface area contributed by atoms with Gasteiger partial charge in [-0.15, -0.1) is 23.1 Å². The molecule has 0 radical (unpaired) electrons. The molecule has 0 aromatic carbocycles. The summed E-state index contributed by atoms with van der Waals surface area (Å²) in [7, 11) is 0. The fourth-order valence-corrected chi connectivity index (χ4v) is 4.58. The van der Waals surface area contributed by atoms with Crippen molar-refractivity contribution in [3.05, 3.63) is 21.3 Å². The van der Waals surface area contributed by atoms with Crippen molar-refractivity contribution in [2.45, 2.75) is 37.5 Å². The van der Waals surface area contributed by atoms with Crippen molar-refractivity contribution in [2.75, 3.05) is 12.4 Å². The van der Waals surface area contributed by atoms with Crippen LogP contribution in [-0.4, -0.2) is 29.4 Å². The molecule has 1 aromatic rings. The van der Waals surface area contributed by atoms with Crippen LogP contribution in [0.4, 0.5) is 0 Å². The molecule has 2 rings (SSSR count). The highest BCUT2D eigenvalue weighted by Gasteiger charge is 2.25. The third kappa shape index (κ3) is 4.95. The standard InChI is InChI=1S/C14H20ClNO2S2/c15-13-6-5-11(20-13)8-19-9-14(18)16-12-4-2-1-3-10(12)7-17/h5-6,10,12,17H,1-4,7-9H2,(H,16,18). The molecular weight excluding hydrogens is 314 g/mol. The number of hydrogen-bond acceptors (Lipinski definition) is 4. The number of carbonyl (C=O) groups is 1. The molecule has 1 saturated carbocycles. The zero-order valence-corrected chi connectivity index (χ0v) is 13.7. The van der Waals surface area contributed by atoms with Gasteiger partial charge in [-0.1, -0.05) is 24.4 Å². The van der Waals surface area contributed by atoms with Gasteiger partial charge in [0.05, 0.1) is 10.1 Å². The summed E-state index contributed by atoms with van der Waals surface area (Å²) in [4.78, 5) is 13.1. The molecule has 1 aliphatic carbocycles. The second kappa shape index (κ2) is 8.27. The Labute approximate surface area is 133 Å². The number of rotatable bonds is 6. The fourth-order valence-electron chi connectivity index (χ4n) is 2.54. The smallest absolute Gasteiger partial charge is 0.230 e. The number of thiophene rings is 1. The summed E-state index contributed by atoms with van der Waals surface area (Å²) < 4.78 is 0.790. The second-order valence-electron chi connectivity index (χ2n) is 5.10. The van der Waals surface area contributed by atoms with E-state index >= 15 is 0 Å². The number of halogens is 1. The minimum absolute atomic E-state index is 0.0722. The maximum absolute atomic E-state index is 11.9. The highest BCUT2D eigenvalue weighted by molar-refractivity contribution is 7.99. The molecule has 6 heteroatoms. The quantitative estimate of drug-likeness (QED) is 0.839. The lowest BCUT2D eigenvalue weighted by atomic mass is 9.85. The van der Waals surface area contributed by atoms with Crippen molar-refractivity contribution >= 4 is 40.6 Å². The molecule has 3 nitrogen and oxygen atoms in total. The summed E-state index contributed by atoms with van der Waals surface area (Å²) in [5.74, 6) is 1.58. The minimum Gasteiger partial charge on any atom is -0.396 e. The first-order chi connectivity index (χ1) is 9.69. The highest BCUT2D eigenvalue weighted by Crippen LogP contribution is 2.26. The van der Waals surface area contributed by atoms with E-state index in [4.69, 9.17) is 11.6 Å². The lowest BCUT2D eigenvalue weighted by molar-refractivity contribution is -0.120. The molecule has 1 aliphatic rings. The van der Waals surface area contributed by atoms with E-state index in [1.165, 1.54) is 4.88 Å². The second-order valence-corrected chi connectivity index (χ2v) is 7.88.